The third-order valence-corrected chi connectivity index (χ3v) is 6.81. The van der Waals surface area contributed by atoms with Gasteiger partial charge in [0.1, 0.15) is 17.4 Å². The van der Waals surface area contributed by atoms with E-state index in [-0.39, 0.29) is 17.6 Å². The molecule has 0 spiro atoms. The molecule has 4 aromatic rings. The highest BCUT2D eigenvalue weighted by Gasteiger charge is 2.20. The molecule has 0 atom stereocenters. The lowest BCUT2D eigenvalue weighted by molar-refractivity contribution is 0.414. The van der Waals surface area contributed by atoms with Crippen molar-refractivity contribution in [2.24, 2.45) is 10.7 Å². The van der Waals surface area contributed by atoms with E-state index in [0.717, 1.165) is 59.6 Å². The van der Waals surface area contributed by atoms with Gasteiger partial charge in [0, 0.05) is 23.9 Å². The average Bonchev–Trinajstić information content (AvgIpc) is 3.31. The van der Waals surface area contributed by atoms with E-state index in [4.69, 9.17) is 22.1 Å². The molecule has 36 heavy (non-hydrogen) atoms. The van der Waals surface area contributed by atoms with Crippen LogP contribution in [-0.4, -0.2) is 41.7 Å². The van der Waals surface area contributed by atoms with Crippen molar-refractivity contribution >= 4 is 34.3 Å². The van der Waals surface area contributed by atoms with Gasteiger partial charge in [-0.05, 0) is 74.3 Å². The lowest BCUT2D eigenvalue weighted by Crippen LogP contribution is -2.36. The Bertz CT molecular complexity index is 1440. The molecule has 0 unspecified atom stereocenters. The van der Waals surface area contributed by atoms with E-state index in [9.17, 15) is 4.39 Å². The molecule has 1 fully saturated rings. The van der Waals surface area contributed by atoms with Crippen LogP contribution in [-0.2, 0) is 0 Å². The van der Waals surface area contributed by atoms with Crippen LogP contribution in [0.4, 0.5) is 15.8 Å². The normalized spacial score (nSPS) is 14.8. The minimum absolute atomic E-state index is 0.206. The molecule has 0 aliphatic carbocycles. The van der Waals surface area contributed by atoms with Crippen LogP contribution in [0, 0.1) is 12.7 Å². The number of ether oxygens (including phenoxy) is 1. The van der Waals surface area contributed by atoms with E-state index >= 15 is 0 Å². The van der Waals surface area contributed by atoms with Crippen molar-refractivity contribution in [2.75, 3.05) is 25.5 Å². The van der Waals surface area contributed by atoms with Crippen molar-refractivity contribution in [3.63, 3.8) is 0 Å². The lowest BCUT2D eigenvalue weighted by Gasteiger charge is -2.26. The van der Waals surface area contributed by atoms with E-state index in [0.29, 0.717) is 10.6 Å². The molecule has 4 N–H and O–H groups in total. The quantitative estimate of drug-likeness (QED) is 0.243. The van der Waals surface area contributed by atoms with Gasteiger partial charge in [-0.15, -0.1) is 0 Å². The number of nitrogens with one attached hydrogen (secondary N) is 2. The second kappa shape index (κ2) is 10.2. The molecule has 1 aliphatic heterocycles. The summed E-state index contributed by atoms with van der Waals surface area (Å²) < 4.78 is 21.0. The van der Waals surface area contributed by atoms with Gasteiger partial charge in [-0.1, -0.05) is 17.7 Å². The molecule has 7 nitrogen and oxygen atoms in total. The standard InChI is InChI=1S/C27H28ClFN6O/c1-16-11-20(36-2)4-5-21(16)17-12-25-26(33-19-7-9-31-10-8-19)22(14-32-35(25)15-17)27(30)34-24-13-18(29)3-6-23(24)28/h3-6,11-15,19,31,33H,7-10H2,1-2H3,(H2,30,34). The summed E-state index contributed by atoms with van der Waals surface area (Å²) in [6.45, 7) is 3.93. The lowest BCUT2D eigenvalue weighted by atomic mass is 10.0. The number of fused-ring (bicyclic) bond motifs is 1. The Morgan fingerprint density at radius 1 is 1.22 bits per heavy atom. The number of amidine groups is 1. The van der Waals surface area contributed by atoms with Crippen molar-refractivity contribution < 1.29 is 9.13 Å². The molecule has 9 heteroatoms. The average molecular weight is 507 g/mol. The van der Waals surface area contributed by atoms with Gasteiger partial charge in [0.05, 0.1) is 40.8 Å². The number of aryl methyl sites for hydroxylation is 1. The van der Waals surface area contributed by atoms with Crippen LogP contribution in [0.3, 0.4) is 0 Å². The summed E-state index contributed by atoms with van der Waals surface area (Å²) >= 11 is 6.25. The Morgan fingerprint density at radius 2 is 2.03 bits per heavy atom. The molecule has 186 valence electrons. The van der Waals surface area contributed by atoms with Gasteiger partial charge >= 0.3 is 0 Å². The summed E-state index contributed by atoms with van der Waals surface area (Å²) in [7, 11) is 1.66. The number of hydrogen-bond donors (Lipinski definition) is 3. The van der Waals surface area contributed by atoms with Crippen LogP contribution in [0.2, 0.25) is 5.02 Å². The Balaban J connectivity index is 1.63. The van der Waals surface area contributed by atoms with Crippen LogP contribution in [0.15, 0.2) is 59.9 Å². The fourth-order valence-electron chi connectivity index (χ4n) is 4.57. The number of anilines is 1. The van der Waals surface area contributed by atoms with E-state index in [1.54, 1.807) is 13.3 Å². The monoisotopic (exact) mass is 506 g/mol. The zero-order chi connectivity index (χ0) is 25.2. The van der Waals surface area contributed by atoms with Crippen molar-refractivity contribution in [3.8, 4) is 16.9 Å². The van der Waals surface area contributed by atoms with Crippen LogP contribution >= 0.6 is 11.6 Å². The van der Waals surface area contributed by atoms with Crippen LogP contribution in [0.5, 0.6) is 5.75 Å². The molecule has 0 radical (unpaired) electrons. The first-order chi connectivity index (χ1) is 17.4. The smallest absolute Gasteiger partial charge is 0.135 e. The summed E-state index contributed by atoms with van der Waals surface area (Å²) in [5.74, 6) is 0.588. The Morgan fingerprint density at radius 3 is 2.78 bits per heavy atom. The fraction of sp³-hybridized carbons (Fsp3) is 0.259. The number of piperidine rings is 1. The zero-order valence-corrected chi connectivity index (χ0v) is 20.9. The fourth-order valence-corrected chi connectivity index (χ4v) is 4.73. The van der Waals surface area contributed by atoms with E-state index in [1.165, 1.54) is 18.2 Å². The Labute approximate surface area is 214 Å². The Hall–Kier alpha value is -3.62. The number of methoxy groups -OCH3 is 1. The third-order valence-electron chi connectivity index (χ3n) is 6.49. The third kappa shape index (κ3) is 4.87. The van der Waals surface area contributed by atoms with Crippen molar-refractivity contribution in [2.45, 2.75) is 25.8 Å². The minimum Gasteiger partial charge on any atom is -0.497 e. The number of halogens is 2. The van der Waals surface area contributed by atoms with Crippen LogP contribution in [0.1, 0.15) is 24.0 Å². The van der Waals surface area contributed by atoms with Gasteiger partial charge in [0.15, 0.2) is 0 Å². The van der Waals surface area contributed by atoms with Gasteiger partial charge in [-0.2, -0.15) is 5.10 Å². The second-order valence-electron chi connectivity index (χ2n) is 8.93. The van der Waals surface area contributed by atoms with Crippen molar-refractivity contribution in [1.29, 1.82) is 0 Å². The predicted octanol–water partition coefficient (Wildman–Crippen LogP) is 5.31. The minimum atomic E-state index is -0.432. The molecule has 5 rings (SSSR count). The molecule has 2 aromatic heterocycles. The number of aliphatic imine (C=N–C) groups is 1. The van der Waals surface area contributed by atoms with E-state index in [1.807, 2.05) is 28.9 Å². The van der Waals surface area contributed by atoms with Gasteiger partial charge in [0.2, 0.25) is 0 Å². The Kier molecular flexibility index (Phi) is 6.80. The molecule has 3 heterocycles. The maximum absolute atomic E-state index is 13.8. The van der Waals surface area contributed by atoms with Crippen molar-refractivity contribution in [1.82, 2.24) is 14.9 Å². The van der Waals surface area contributed by atoms with Gasteiger partial charge in [-0.3, -0.25) is 0 Å². The number of rotatable bonds is 6. The van der Waals surface area contributed by atoms with E-state index < -0.39 is 5.82 Å². The summed E-state index contributed by atoms with van der Waals surface area (Å²) in [5, 5.41) is 12.0. The topological polar surface area (TPSA) is 89.0 Å². The largest absolute Gasteiger partial charge is 0.497 e. The number of benzene rings is 2. The summed E-state index contributed by atoms with van der Waals surface area (Å²) in [4.78, 5) is 4.46. The molecule has 0 amide bonds. The highest BCUT2D eigenvalue weighted by atomic mass is 35.5. The summed E-state index contributed by atoms with van der Waals surface area (Å²) in [5.41, 5.74) is 12.3. The maximum atomic E-state index is 13.8. The van der Waals surface area contributed by atoms with Gasteiger partial charge in [0.25, 0.3) is 0 Å². The first kappa shape index (κ1) is 24.1. The molecule has 1 aliphatic rings. The van der Waals surface area contributed by atoms with Gasteiger partial charge in [-0.25, -0.2) is 13.9 Å². The second-order valence-corrected chi connectivity index (χ2v) is 9.34. The molecule has 0 bridgehead atoms. The summed E-state index contributed by atoms with van der Waals surface area (Å²) in [6, 6.07) is 12.4. The highest BCUT2D eigenvalue weighted by molar-refractivity contribution is 6.33. The number of aromatic nitrogens is 2. The molecule has 0 saturated carbocycles. The number of nitrogens with zero attached hydrogens (tertiary/aromatic N) is 3. The summed E-state index contributed by atoms with van der Waals surface area (Å²) in [6.07, 6.45) is 5.64. The number of nitrogens with two attached hydrogens (primary N) is 1. The maximum Gasteiger partial charge on any atom is 0.135 e. The van der Waals surface area contributed by atoms with Crippen molar-refractivity contribution in [3.05, 3.63) is 76.8 Å². The molecular formula is C27H28ClFN6O. The first-order valence-electron chi connectivity index (χ1n) is 11.9. The van der Waals surface area contributed by atoms with E-state index in [2.05, 4.69) is 33.7 Å². The highest BCUT2D eigenvalue weighted by Crippen LogP contribution is 2.33. The van der Waals surface area contributed by atoms with Crippen LogP contribution < -0.4 is 21.1 Å². The molecular weight excluding hydrogens is 479 g/mol. The molecule has 1 saturated heterocycles. The predicted molar refractivity (Wildman–Crippen MR) is 143 cm³/mol. The van der Waals surface area contributed by atoms with Crippen LogP contribution in [0.25, 0.3) is 16.6 Å². The number of hydrogen-bond acceptors (Lipinski definition) is 5. The molecule has 2 aromatic carbocycles. The van der Waals surface area contributed by atoms with Gasteiger partial charge < -0.3 is 21.1 Å². The zero-order valence-electron chi connectivity index (χ0n) is 20.2. The first-order valence-corrected chi connectivity index (χ1v) is 12.2. The SMILES string of the molecule is COc1ccc(-c2cc3c(NC4CCNCC4)c(/C(N)=N/c4cc(F)ccc4Cl)cnn3c2)c(C)c1.